The minimum Gasteiger partial charge on any atom is -0.382 e. The smallest absolute Gasteiger partial charge is 0.0579 e. The minimum atomic E-state index is 0.343. The Bertz CT molecular complexity index is 655. The van der Waals surface area contributed by atoms with Crippen molar-refractivity contribution in [3.8, 4) is 0 Å². The third-order valence-electron chi connectivity index (χ3n) is 4.46. The van der Waals surface area contributed by atoms with Gasteiger partial charge in [-0.3, -0.25) is 0 Å². The molecular formula is C18H20I2N2. The number of benzene rings is 2. The molecule has 1 heterocycles. The molecule has 0 aliphatic carbocycles. The Morgan fingerprint density at radius 1 is 1.05 bits per heavy atom. The number of nitrogens with one attached hydrogen (secondary N) is 2. The molecule has 2 aromatic rings. The molecule has 3 rings (SSSR count). The molecule has 0 fully saturated rings. The molecule has 0 aromatic heterocycles. The summed E-state index contributed by atoms with van der Waals surface area (Å²) in [5.74, 6) is 0.537. The van der Waals surface area contributed by atoms with E-state index in [0.717, 1.165) is 6.42 Å². The molecular weight excluding hydrogens is 498 g/mol. The summed E-state index contributed by atoms with van der Waals surface area (Å²) in [6.07, 6.45) is 1.14. The van der Waals surface area contributed by atoms with E-state index in [2.05, 4.69) is 112 Å². The first-order valence-electron chi connectivity index (χ1n) is 7.66. The number of hydrogen-bond acceptors (Lipinski definition) is 2. The fourth-order valence-electron chi connectivity index (χ4n) is 3.18. The molecule has 0 amide bonds. The maximum Gasteiger partial charge on any atom is 0.0579 e. The van der Waals surface area contributed by atoms with Gasteiger partial charge in [0.05, 0.1) is 6.04 Å². The largest absolute Gasteiger partial charge is 0.382 e. The van der Waals surface area contributed by atoms with Crippen LogP contribution in [0.5, 0.6) is 0 Å². The van der Waals surface area contributed by atoms with Gasteiger partial charge in [-0.15, -0.1) is 0 Å². The van der Waals surface area contributed by atoms with E-state index in [-0.39, 0.29) is 0 Å². The zero-order valence-electron chi connectivity index (χ0n) is 12.7. The van der Waals surface area contributed by atoms with E-state index >= 15 is 0 Å². The van der Waals surface area contributed by atoms with Gasteiger partial charge in [-0.1, -0.05) is 13.8 Å². The number of halogens is 2. The molecule has 0 saturated heterocycles. The topological polar surface area (TPSA) is 24.1 Å². The van der Waals surface area contributed by atoms with Gasteiger partial charge in [0.15, 0.2) is 0 Å². The van der Waals surface area contributed by atoms with Crippen LogP contribution in [0.2, 0.25) is 0 Å². The van der Waals surface area contributed by atoms with Gasteiger partial charge in [-0.05, 0) is 99.6 Å². The first kappa shape index (κ1) is 16.4. The van der Waals surface area contributed by atoms with Crippen molar-refractivity contribution < 1.29 is 0 Å². The molecule has 0 radical (unpaired) electrons. The lowest BCUT2D eigenvalue weighted by molar-refractivity contribution is 0.400. The van der Waals surface area contributed by atoms with Gasteiger partial charge >= 0.3 is 0 Å². The molecule has 0 bridgehead atoms. The SMILES string of the molecule is CC[C@@H]1Nc2ccc(I)cc2[C@H](Nc2ccc(I)cc2)[C@H]1C. The van der Waals surface area contributed by atoms with Crippen LogP contribution < -0.4 is 10.6 Å². The molecule has 0 spiro atoms. The number of hydrogen-bond donors (Lipinski definition) is 2. The summed E-state index contributed by atoms with van der Waals surface area (Å²) >= 11 is 4.74. The Hall–Kier alpha value is -0.500. The molecule has 3 atom stereocenters. The lowest BCUT2D eigenvalue weighted by Gasteiger charge is -2.39. The van der Waals surface area contributed by atoms with E-state index in [1.807, 2.05) is 0 Å². The minimum absolute atomic E-state index is 0.343. The van der Waals surface area contributed by atoms with E-state index in [1.54, 1.807) is 0 Å². The van der Waals surface area contributed by atoms with Gasteiger partial charge in [0.25, 0.3) is 0 Å². The van der Waals surface area contributed by atoms with Crippen molar-refractivity contribution in [1.29, 1.82) is 0 Å². The molecule has 2 N–H and O–H groups in total. The molecule has 116 valence electrons. The van der Waals surface area contributed by atoms with Crippen molar-refractivity contribution in [3.05, 3.63) is 55.2 Å². The third-order valence-corrected chi connectivity index (χ3v) is 5.85. The lowest BCUT2D eigenvalue weighted by atomic mass is 9.82. The summed E-state index contributed by atoms with van der Waals surface area (Å²) in [6.45, 7) is 4.60. The average molecular weight is 518 g/mol. The van der Waals surface area contributed by atoms with Crippen LogP contribution in [0, 0.1) is 13.1 Å². The van der Waals surface area contributed by atoms with Gasteiger partial charge in [0.1, 0.15) is 0 Å². The van der Waals surface area contributed by atoms with E-state index < -0.39 is 0 Å². The summed E-state index contributed by atoms with van der Waals surface area (Å²) in [7, 11) is 0. The van der Waals surface area contributed by atoms with Gasteiger partial charge < -0.3 is 10.6 Å². The Labute approximate surface area is 159 Å². The van der Waals surface area contributed by atoms with Crippen LogP contribution in [0.15, 0.2) is 42.5 Å². The zero-order valence-corrected chi connectivity index (χ0v) is 17.1. The van der Waals surface area contributed by atoms with Gasteiger partial charge in [0, 0.05) is 30.5 Å². The van der Waals surface area contributed by atoms with Crippen LogP contribution in [-0.4, -0.2) is 6.04 Å². The Morgan fingerprint density at radius 3 is 2.41 bits per heavy atom. The standard InChI is InChI=1S/C18H20I2N2/c1-3-16-11(2)18(21-14-7-4-12(19)5-8-14)15-10-13(20)6-9-17(15)22-16/h4-11,16,18,21-22H,3H2,1-2H3/t11-,16-,18+/m0/s1. The van der Waals surface area contributed by atoms with Crippen molar-refractivity contribution in [1.82, 2.24) is 0 Å². The van der Waals surface area contributed by atoms with Crippen molar-refractivity contribution in [3.63, 3.8) is 0 Å². The first-order valence-corrected chi connectivity index (χ1v) is 9.82. The highest BCUT2D eigenvalue weighted by Gasteiger charge is 2.32. The summed E-state index contributed by atoms with van der Waals surface area (Å²) in [5, 5.41) is 7.46. The molecule has 1 aliphatic rings. The maximum atomic E-state index is 3.76. The highest BCUT2D eigenvalue weighted by molar-refractivity contribution is 14.1. The molecule has 0 unspecified atom stereocenters. The Kier molecular flexibility index (Phi) is 5.17. The van der Waals surface area contributed by atoms with Crippen molar-refractivity contribution in [2.75, 3.05) is 10.6 Å². The van der Waals surface area contributed by atoms with Crippen molar-refractivity contribution in [2.45, 2.75) is 32.4 Å². The predicted molar refractivity (Wildman–Crippen MR) is 112 cm³/mol. The van der Waals surface area contributed by atoms with Crippen LogP contribution in [0.25, 0.3) is 0 Å². The monoisotopic (exact) mass is 518 g/mol. The maximum absolute atomic E-state index is 3.76. The van der Waals surface area contributed by atoms with Gasteiger partial charge in [-0.2, -0.15) is 0 Å². The van der Waals surface area contributed by atoms with E-state index in [1.165, 1.54) is 24.1 Å². The normalized spacial score (nSPS) is 23.5. The average Bonchev–Trinajstić information content (AvgIpc) is 2.52. The second kappa shape index (κ2) is 6.95. The molecule has 4 heteroatoms. The number of rotatable bonds is 3. The van der Waals surface area contributed by atoms with Crippen LogP contribution in [-0.2, 0) is 0 Å². The van der Waals surface area contributed by atoms with E-state index in [9.17, 15) is 0 Å². The second-order valence-electron chi connectivity index (χ2n) is 5.88. The van der Waals surface area contributed by atoms with Crippen molar-refractivity contribution >= 4 is 56.6 Å². The van der Waals surface area contributed by atoms with Crippen molar-refractivity contribution in [2.24, 2.45) is 5.92 Å². The first-order chi connectivity index (χ1) is 10.6. The highest BCUT2D eigenvalue weighted by atomic mass is 127. The second-order valence-corrected chi connectivity index (χ2v) is 8.37. The fourth-order valence-corrected chi connectivity index (χ4v) is 4.05. The van der Waals surface area contributed by atoms with Crippen LogP contribution in [0.1, 0.15) is 31.9 Å². The van der Waals surface area contributed by atoms with Gasteiger partial charge in [0.2, 0.25) is 0 Å². The summed E-state index contributed by atoms with van der Waals surface area (Å²) in [6, 6.07) is 16.2. The summed E-state index contributed by atoms with van der Waals surface area (Å²) < 4.78 is 2.55. The lowest BCUT2D eigenvalue weighted by Crippen LogP contribution is -2.38. The quantitative estimate of drug-likeness (QED) is 0.496. The highest BCUT2D eigenvalue weighted by Crippen LogP contribution is 2.40. The Morgan fingerprint density at radius 2 is 1.73 bits per heavy atom. The number of anilines is 2. The van der Waals surface area contributed by atoms with Crippen LogP contribution in [0.3, 0.4) is 0 Å². The van der Waals surface area contributed by atoms with E-state index in [0.29, 0.717) is 18.0 Å². The fraction of sp³-hybridized carbons (Fsp3) is 0.333. The van der Waals surface area contributed by atoms with Crippen LogP contribution >= 0.6 is 45.2 Å². The molecule has 2 nitrogen and oxygen atoms in total. The third kappa shape index (κ3) is 3.37. The zero-order chi connectivity index (χ0) is 15.7. The summed E-state index contributed by atoms with van der Waals surface area (Å²) in [5.41, 5.74) is 3.84. The molecule has 0 saturated carbocycles. The summed E-state index contributed by atoms with van der Waals surface area (Å²) in [4.78, 5) is 0. The molecule has 1 aliphatic heterocycles. The van der Waals surface area contributed by atoms with E-state index in [4.69, 9.17) is 0 Å². The van der Waals surface area contributed by atoms with Gasteiger partial charge in [-0.25, -0.2) is 0 Å². The Balaban J connectivity index is 1.96. The number of fused-ring (bicyclic) bond motifs is 1. The molecule has 2 aromatic carbocycles. The molecule has 22 heavy (non-hydrogen) atoms. The predicted octanol–water partition coefficient (Wildman–Crippen LogP) is 5.89. The van der Waals surface area contributed by atoms with Crippen LogP contribution in [0.4, 0.5) is 11.4 Å².